The Bertz CT molecular complexity index is 89.6. The van der Waals surface area contributed by atoms with E-state index in [0.29, 0.717) is 0 Å². The molecular formula is C9H19NO. The van der Waals surface area contributed by atoms with Crippen LogP contribution in [0.5, 0.6) is 0 Å². The zero-order valence-electron chi connectivity index (χ0n) is 7.22. The molecule has 0 amide bonds. The van der Waals surface area contributed by atoms with Gasteiger partial charge in [-0.3, -0.25) is 0 Å². The molecule has 0 spiro atoms. The lowest BCUT2D eigenvalue weighted by Crippen LogP contribution is -2.01. The van der Waals surface area contributed by atoms with Crippen LogP contribution in [0.15, 0.2) is 0 Å². The molecule has 0 saturated heterocycles. The van der Waals surface area contributed by atoms with Crippen LogP contribution in [0.1, 0.15) is 44.9 Å². The van der Waals surface area contributed by atoms with Crippen molar-refractivity contribution in [3.8, 4) is 0 Å². The van der Waals surface area contributed by atoms with Gasteiger partial charge in [0.15, 0.2) is 0 Å². The van der Waals surface area contributed by atoms with Gasteiger partial charge in [-0.2, -0.15) is 0 Å². The molecule has 1 fully saturated rings. The van der Waals surface area contributed by atoms with Crippen molar-refractivity contribution in [3.63, 3.8) is 0 Å². The molecule has 0 aromatic carbocycles. The molecule has 1 rings (SSSR count). The largest absolute Gasteiger partial charge is 0.305 e. The normalized spacial score (nSPS) is 19.4. The number of rotatable bonds is 5. The molecule has 0 bridgehead atoms. The van der Waals surface area contributed by atoms with Gasteiger partial charge in [0.1, 0.15) is 0 Å². The highest BCUT2D eigenvalue weighted by Gasteiger charge is 2.13. The average molecular weight is 157 g/mol. The summed E-state index contributed by atoms with van der Waals surface area (Å²) < 4.78 is 0. The van der Waals surface area contributed by atoms with Crippen molar-refractivity contribution in [2.24, 2.45) is 11.8 Å². The fourth-order valence-electron chi connectivity index (χ4n) is 1.92. The summed E-state index contributed by atoms with van der Waals surface area (Å²) in [4.78, 5) is 4.51. The van der Waals surface area contributed by atoms with Crippen LogP contribution in [0.25, 0.3) is 0 Å². The van der Waals surface area contributed by atoms with Crippen LogP contribution in [-0.2, 0) is 4.84 Å². The van der Waals surface area contributed by atoms with Crippen LogP contribution in [0.3, 0.4) is 0 Å². The Balaban J connectivity index is 1.86. The van der Waals surface area contributed by atoms with Crippen molar-refractivity contribution in [2.45, 2.75) is 44.9 Å². The number of unbranched alkanes of at least 4 members (excludes halogenated alkanes) is 1. The second-order valence-corrected chi connectivity index (χ2v) is 3.52. The molecule has 0 radical (unpaired) electrons. The zero-order chi connectivity index (χ0) is 7.94. The van der Waals surface area contributed by atoms with Gasteiger partial charge < -0.3 is 4.84 Å². The first kappa shape index (κ1) is 9.01. The molecule has 1 aliphatic rings. The predicted molar refractivity (Wildman–Crippen MR) is 45.9 cm³/mol. The standard InChI is InChI=1S/C9H19NO/c10-11-8-4-3-7-9-5-1-2-6-9/h9H,1-8,10H2. The van der Waals surface area contributed by atoms with Crippen LogP contribution < -0.4 is 5.90 Å². The van der Waals surface area contributed by atoms with Crippen molar-refractivity contribution in [2.75, 3.05) is 6.61 Å². The highest BCUT2D eigenvalue weighted by atomic mass is 16.6. The van der Waals surface area contributed by atoms with E-state index in [9.17, 15) is 0 Å². The van der Waals surface area contributed by atoms with Crippen LogP contribution >= 0.6 is 0 Å². The van der Waals surface area contributed by atoms with E-state index in [-0.39, 0.29) is 0 Å². The van der Waals surface area contributed by atoms with Crippen molar-refractivity contribution >= 4 is 0 Å². The van der Waals surface area contributed by atoms with E-state index in [1.54, 1.807) is 0 Å². The highest BCUT2D eigenvalue weighted by Crippen LogP contribution is 2.28. The summed E-state index contributed by atoms with van der Waals surface area (Å²) in [6, 6.07) is 0. The Morgan fingerprint density at radius 1 is 1.18 bits per heavy atom. The predicted octanol–water partition coefficient (Wildman–Crippen LogP) is 2.24. The molecule has 0 atom stereocenters. The Morgan fingerprint density at radius 3 is 2.55 bits per heavy atom. The summed E-state index contributed by atoms with van der Waals surface area (Å²) in [5.41, 5.74) is 0. The SMILES string of the molecule is NOCCCCC1CCCC1. The van der Waals surface area contributed by atoms with Gasteiger partial charge in [0.05, 0.1) is 6.61 Å². The van der Waals surface area contributed by atoms with Gasteiger partial charge >= 0.3 is 0 Å². The maximum absolute atomic E-state index is 4.92. The Morgan fingerprint density at radius 2 is 1.91 bits per heavy atom. The first-order valence-corrected chi connectivity index (χ1v) is 4.75. The fourth-order valence-corrected chi connectivity index (χ4v) is 1.92. The minimum Gasteiger partial charge on any atom is -0.305 e. The molecule has 2 heteroatoms. The van der Waals surface area contributed by atoms with Crippen LogP contribution in [0.4, 0.5) is 0 Å². The number of nitrogens with two attached hydrogens (primary N) is 1. The zero-order valence-corrected chi connectivity index (χ0v) is 7.22. The van der Waals surface area contributed by atoms with E-state index in [0.717, 1.165) is 18.9 Å². The van der Waals surface area contributed by atoms with Crippen molar-refractivity contribution < 1.29 is 4.84 Å². The minimum absolute atomic E-state index is 0.729. The van der Waals surface area contributed by atoms with Crippen LogP contribution in [0.2, 0.25) is 0 Å². The molecule has 11 heavy (non-hydrogen) atoms. The minimum atomic E-state index is 0.729. The lowest BCUT2D eigenvalue weighted by Gasteiger charge is -2.06. The fraction of sp³-hybridized carbons (Fsp3) is 1.00. The van der Waals surface area contributed by atoms with Crippen LogP contribution in [-0.4, -0.2) is 6.61 Å². The first-order chi connectivity index (χ1) is 5.43. The maximum atomic E-state index is 4.92. The van der Waals surface area contributed by atoms with Gasteiger partial charge in [-0.1, -0.05) is 38.5 Å². The van der Waals surface area contributed by atoms with Crippen LogP contribution in [0, 0.1) is 5.92 Å². The molecule has 2 nitrogen and oxygen atoms in total. The Kier molecular flexibility index (Phi) is 4.55. The molecule has 1 saturated carbocycles. The number of hydrogen-bond donors (Lipinski definition) is 1. The smallest absolute Gasteiger partial charge is 0.0679 e. The maximum Gasteiger partial charge on any atom is 0.0679 e. The molecule has 0 unspecified atom stereocenters. The van der Waals surface area contributed by atoms with Gasteiger partial charge in [-0.25, -0.2) is 5.90 Å². The van der Waals surface area contributed by atoms with E-state index in [4.69, 9.17) is 5.90 Å². The van der Waals surface area contributed by atoms with Gasteiger partial charge in [0, 0.05) is 0 Å². The van der Waals surface area contributed by atoms with Gasteiger partial charge in [-0.05, 0) is 12.3 Å². The molecule has 0 aliphatic heterocycles. The molecule has 1 aliphatic carbocycles. The summed E-state index contributed by atoms with van der Waals surface area (Å²) >= 11 is 0. The quantitative estimate of drug-likeness (QED) is 0.490. The van der Waals surface area contributed by atoms with Crippen molar-refractivity contribution in [3.05, 3.63) is 0 Å². The number of hydrogen-bond acceptors (Lipinski definition) is 2. The summed E-state index contributed by atoms with van der Waals surface area (Å²) in [6.45, 7) is 0.729. The van der Waals surface area contributed by atoms with Gasteiger partial charge in [-0.15, -0.1) is 0 Å². The van der Waals surface area contributed by atoms with E-state index in [2.05, 4.69) is 4.84 Å². The van der Waals surface area contributed by atoms with Crippen molar-refractivity contribution in [1.82, 2.24) is 0 Å². The van der Waals surface area contributed by atoms with Gasteiger partial charge in [0.25, 0.3) is 0 Å². The van der Waals surface area contributed by atoms with E-state index in [1.165, 1.54) is 38.5 Å². The molecule has 66 valence electrons. The summed E-state index contributed by atoms with van der Waals surface area (Å²) in [5, 5.41) is 0. The molecule has 0 aromatic rings. The Labute approximate surface area is 69.1 Å². The molecular weight excluding hydrogens is 138 g/mol. The summed E-state index contributed by atoms with van der Waals surface area (Å²) in [5.74, 6) is 5.94. The third-order valence-corrected chi connectivity index (χ3v) is 2.60. The van der Waals surface area contributed by atoms with Gasteiger partial charge in [0.2, 0.25) is 0 Å². The van der Waals surface area contributed by atoms with Crippen molar-refractivity contribution in [1.29, 1.82) is 0 Å². The van der Waals surface area contributed by atoms with E-state index in [1.807, 2.05) is 0 Å². The second-order valence-electron chi connectivity index (χ2n) is 3.52. The third kappa shape index (κ3) is 3.73. The lowest BCUT2D eigenvalue weighted by atomic mass is 10.0. The highest BCUT2D eigenvalue weighted by molar-refractivity contribution is 4.66. The molecule has 2 N–H and O–H groups in total. The first-order valence-electron chi connectivity index (χ1n) is 4.75. The van der Waals surface area contributed by atoms with E-state index < -0.39 is 0 Å². The Hall–Kier alpha value is -0.0800. The third-order valence-electron chi connectivity index (χ3n) is 2.60. The summed E-state index contributed by atoms with van der Waals surface area (Å²) in [6.07, 6.45) is 9.65. The monoisotopic (exact) mass is 157 g/mol. The van der Waals surface area contributed by atoms with E-state index >= 15 is 0 Å². The molecule has 0 heterocycles. The lowest BCUT2D eigenvalue weighted by molar-refractivity contribution is 0.132. The second kappa shape index (κ2) is 5.56. The summed E-state index contributed by atoms with van der Waals surface area (Å²) in [7, 11) is 0. The average Bonchev–Trinajstić information content (AvgIpc) is 2.50. The topological polar surface area (TPSA) is 35.2 Å². The molecule has 0 aromatic heterocycles.